The first-order chi connectivity index (χ1) is 9.33. The third-order valence-corrected chi connectivity index (χ3v) is 3.30. The molecule has 20 heavy (non-hydrogen) atoms. The fraction of sp³-hybridized carbons (Fsp3) is 0.286. The number of rotatable bonds is 3. The van der Waals surface area contributed by atoms with Gasteiger partial charge >= 0.3 is 0 Å². The second-order valence-corrected chi connectivity index (χ2v) is 4.69. The van der Waals surface area contributed by atoms with Gasteiger partial charge in [-0.25, -0.2) is 4.68 Å². The van der Waals surface area contributed by atoms with Crippen LogP contribution in [0.1, 0.15) is 6.42 Å². The molecule has 6 heteroatoms. The average Bonchev–Trinajstić information content (AvgIpc) is 3.11. The molecule has 0 aliphatic carbocycles. The molecule has 1 aliphatic heterocycles. The zero-order valence-electron chi connectivity index (χ0n) is 11.0. The summed E-state index contributed by atoms with van der Waals surface area (Å²) in [5.74, 6) is 0.137. The van der Waals surface area contributed by atoms with Crippen LogP contribution in [0, 0.1) is 5.92 Å². The van der Waals surface area contributed by atoms with E-state index in [1.807, 2.05) is 36.5 Å². The summed E-state index contributed by atoms with van der Waals surface area (Å²) in [6, 6.07) is 9.82. The minimum Gasteiger partial charge on any atom is -0.323 e. The molecule has 1 fully saturated rings. The number of anilines is 1. The van der Waals surface area contributed by atoms with Crippen molar-refractivity contribution in [3.8, 4) is 5.69 Å². The van der Waals surface area contributed by atoms with Crippen LogP contribution in [0.25, 0.3) is 5.69 Å². The van der Waals surface area contributed by atoms with Gasteiger partial charge in [0.25, 0.3) is 0 Å². The van der Waals surface area contributed by atoms with E-state index in [0.717, 1.165) is 30.9 Å². The molecule has 1 aliphatic rings. The number of carbonyl (C=O) groups excluding carboxylic acids is 1. The maximum atomic E-state index is 12.0. The number of hydrogen-bond acceptors (Lipinski definition) is 3. The molecule has 5 nitrogen and oxygen atoms in total. The van der Waals surface area contributed by atoms with Crippen molar-refractivity contribution in [3.63, 3.8) is 0 Å². The molecule has 0 spiro atoms. The summed E-state index contributed by atoms with van der Waals surface area (Å²) in [6.07, 6.45) is 4.40. The number of aromatic nitrogens is 2. The van der Waals surface area contributed by atoms with Crippen molar-refractivity contribution in [2.24, 2.45) is 5.92 Å². The Morgan fingerprint density at radius 1 is 1.35 bits per heavy atom. The number of benzene rings is 1. The van der Waals surface area contributed by atoms with Gasteiger partial charge < -0.3 is 10.6 Å². The third kappa shape index (κ3) is 3.18. The van der Waals surface area contributed by atoms with Crippen LogP contribution in [-0.4, -0.2) is 28.8 Å². The monoisotopic (exact) mass is 292 g/mol. The molecular formula is C14H17ClN4O. The van der Waals surface area contributed by atoms with Gasteiger partial charge in [0, 0.05) is 6.54 Å². The Bertz CT molecular complexity index is 564. The average molecular weight is 293 g/mol. The Kier molecular flexibility index (Phi) is 4.76. The molecule has 0 bridgehead atoms. The van der Waals surface area contributed by atoms with E-state index in [9.17, 15) is 4.79 Å². The van der Waals surface area contributed by atoms with Gasteiger partial charge in [-0.3, -0.25) is 4.79 Å². The summed E-state index contributed by atoms with van der Waals surface area (Å²) in [7, 11) is 0. The summed E-state index contributed by atoms with van der Waals surface area (Å²) in [5, 5.41) is 10.4. The second-order valence-electron chi connectivity index (χ2n) is 4.69. The van der Waals surface area contributed by atoms with E-state index in [0.29, 0.717) is 0 Å². The van der Waals surface area contributed by atoms with E-state index in [2.05, 4.69) is 15.7 Å². The topological polar surface area (TPSA) is 59.0 Å². The number of amides is 1. The number of nitrogens with one attached hydrogen (secondary N) is 2. The Labute approximate surface area is 123 Å². The fourth-order valence-corrected chi connectivity index (χ4v) is 2.23. The fourth-order valence-electron chi connectivity index (χ4n) is 2.23. The quantitative estimate of drug-likeness (QED) is 0.907. The van der Waals surface area contributed by atoms with Crippen LogP contribution < -0.4 is 10.6 Å². The first-order valence-corrected chi connectivity index (χ1v) is 6.44. The van der Waals surface area contributed by atoms with Crippen molar-refractivity contribution in [1.29, 1.82) is 0 Å². The Balaban J connectivity index is 0.00000147. The highest BCUT2D eigenvalue weighted by molar-refractivity contribution is 5.92. The third-order valence-electron chi connectivity index (χ3n) is 3.30. The molecule has 1 aromatic carbocycles. The Hall–Kier alpha value is -1.85. The van der Waals surface area contributed by atoms with E-state index in [4.69, 9.17) is 0 Å². The largest absolute Gasteiger partial charge is 0.323 e. The minimum atomic E-state index is 0. The van der Waals surface area contributed by atoms with E-state index < -0.39 is 0 Å². The predicted octanol–water partition coefficient (Wildman–Crippen LogP) is 1.84. The summed E-state index contributed by atoms with van der Waals surface area (Å²) in [6.45, 7) is 1.68. The molecule has 2 N–H and O–H groups in total. The maximum absolute atomic E-state index is 12.0. The van der Waals surface area contributed by atoms with Crippen LogP contribution in [-0.2, 0) is 4.79 Å². The summed E-state index contributed by atoms with van der Waals surface area (Å²) in [5.41, 5.74) is 1.71. The van der Waals surface area contributed by atoms with E-state index in [1.165, 1.54) is 0 Å². The molecule has 0 radical (unpaired) electrons. The van der Waals surface area contributed by atoms with E-state index in [1.54, 1.807) is 10.9 Å². The van der Waals surface area contributed by atoms with Crippen LogP contribution in [0.5, 0.6) is 0 Å². The molecule has 2 aromatic rings. The van der Waals surface area contributed by atoms with Crippen molar-refractivity contribution in [1.82, 2.24) is 15.1 Å². The van der Waals surface area contributed by atoms with E-state index in [-0.39, 0.29) is 24.2 Å². The molecule has 1 atom stereocenters. The van der Waals surface area contributed by atoms with Crippen LogP contribution in [0.4, 0.5) is 5.69 Å². The van der Waals surface area contributed by atoms with Gasteiger partial charge in [0.05, 0.1) is 29.7 Å². The number of hydrogen-bond donors (Lipinski definition) is 2. The van der Waals surface area contributed by atoms with Crippen molar-refractivity contribution < 1.29 is 4.79 Å². The molecule has 2 heterocycles. The first-order valence-electron chi connectivity index (χ1n) is 6.44. The van der Waals surface area contributed by atoms with Crippen molar-refractivity contribution in [2.45, 2.75) is 6.42 Å². The molecule has 106 valence electrons. The molecule has 1 saturated heterocycles. The minimum absolute atomic E-state index is 0. The Morgan fingerprint density at radius 3 is 2.85 bits per heavy atom. The first kappa shape index (κ1) is 14.6. The number of carbonyl (C=O) groups is 1. The van der Waals surface area contributed by atoms with Crippen molar-refractivity contribution in [2.75, 3.05) is 18.4 Å². The summed E-state index contributed by atoms with van der Waals surface area (Å²) < 4.78 is 1.75. The van der Waals surface area contributed by atoms with Gasteiger partial charge in [0.2, 0.25) is 5.91 Å². The maximum Gasteiger partial charge on any atom is 0.228 e. The standard InChI is InChI=1S/C14H16N4O.ClH/c19-14(11-6-7-15-8-11)17-12-9-16-18(10-12)13-4-2-1-3-5-13;/h1-5,9-11,15H,6-8H2,(H,17,19);1H. The van der Waals surface area contributed by atoms with Gasteiger partial charge in [-0.1, -0.05) is 18.2 Å². The predicted molar refractivity (Wildman–Crippen MR) is 80.4 cm³/mol. The smallest absolute Gasteiger partial charge is 0.228 e. The summed E-state index contributed by atoms with van der Waals surface area (Å²) >= 11 is 0. The van der Waals surface area contributed by atoms with Gasteiger partial charge in [-0.15, -0.1) is 12.4 Å². The zero-order chi connectivity index (χ0) is 13.1. The van der Waals surface area contributed by atoms with E-state index >= 15 is 0 Å². The van der Waals surface area contributed by atoms with Crippen molar-refractivity contribution >= 4 is 24.0 Å². The SMILES string of the molecule is Cl.O=C(Nc1cnn(-c2ccccc2)c1)C1CCNC1. The molecule has 1 amide bonds. The Morgan fingerprint density at radius 2 is 2.15 bits per heavy atom. The normalized spacial score (nSPS) is 17.5. The molecule has 1 aromatic heterocycles. The lowest BCUT2D eigenvalue weighted by molar-refractivity contribution is -0.119. The van der Waals surface area contributed by atoms with Crippen LogP contribution in [0.3, 0.4) is 0 Å². The van der Waals surface area contributed by atoms with Crippen LogP contribution in [0.2, 0.25) is 0 Å². The van der Waals surface area contributed by atoms with Gasteiger partial charge in [0.1, 0.15) is 0 Å². The van der Waals surface area contributed by atoms with Gasteiger partial charge in [0.15, 0.2) is 0 Å². The summed E-state index contributed by atoms with van der Waals surface area (Å²) in [4.78, 5) is 12.0. The van der Waals surface area contributed by atoms with Gasteiger partial charge in [-0.2, -0.15) is 5.10 Å². The molecular weight excluding hydrogens is 276 g/mol. The van der Waals surface area contributed by atoms with Crippen molar-refractivity contribution in [3.05, 3.63) is 42.7 Å². The second kappa shape index (κ2) is 6.54. The molecule has 1 unspecified atom stereocenters. The molecule has 0 saturated carbocycles. The number of nitrogens with zero attached hydrogens (tertiary/aromatic N) is 2. The highest BCUT2D eigenvalue weighted by Gasteiger charge is 2.22. The number of para-hydroxylation sites is 1. The molecule has 3 rings (SSSR count). The lowest BCUT2D eigenvalue weighted by Gasteiger charge is -2.07. The number of halogens is 1. The zero-order valence-corrected chi connectivity index (χ0v) is 11.8. The lowest BCUT2D eigenvalue weighted by Crippen LogP contribution is -2.24. The van der Waals surface area contributed by atoms with Gasteiger partial charge in [-0.05, 0) is 25.1 Å². The van der Waals surface area contributed by atoms with Crippen LogP contribution >= 0.6 is 12.4 Å². The highest BCUT2D eigenvalue weighted by atomic mass is 35.5. The highest BCUT2D eigenvalue weighted by Crippen LogP contribution is 2.14. The lowest BCUT2D eigenvalue weighted by atomic mass is 10.1. The van der Waals surface area contributed by atoms with Crippen LogP contribution in [0.15, 0.2) is 42.7 Å².